The lowest BCUT2D eigenvalue weighted by molar-refractivity contribution is -0.131. The summed E-state index contributed by atoms with van der Waals surface area (Å²) in [4.78, 5) is 15.8. The molecule has 1 amide bonds. The molecule has 0 unspecified atom stereocenters. The SMILES string of the molecule is Cc1ccc(C)c(OCCN(C)C(=O)CN(C)[C@@H]2CCS(=O)(=O)C2)c1. The molecule has 2 rings (SSSR count). The van der Waals surface area contributed by atoms with Gasteiger partial charge in [-0.2, -0.15) is 0 Å². The van der Waals surface area contributed by atoms with Crippen LogP contribution in [-0.2, 0) is 14.6 Å². The van der Waals surface area contributed by atoms with Crippen LogP contribution in [-0.4, -0.2) is 75.5 Å². The van der Waals surface area contributed by atoms with E-state index in [0.29, 0.717) is 19.6 Å². The minimum atomic E-state index is -2.94. The summed E-state index contributed by atoms with van der Waals surface area (Å²) in [6.45, 7) is 5.15. The average molecular weight is 368 g/mol. The highest BCUT2D eigenvalue weighted by Crippen LogP contribution is 2.19. The Labute approximate surface area is 150 Å². The predicted octanol–water partition coefficient (Wildman–Crippen LogP) is 1.26. The van der Waals surface area contributed by atoms with Gasteiger partial charge in [-0.15, -0.1) is 0 Å². The Hall–Kier alpha value is -1.60. The largest absolute Gasteiger partial charge is 0.491 e. The van der Waals surface area contributed by atoms with E-state index in [1.165, 1.54) is 0 Å². The Kier molecular flexibility index (Phi) is 6.46. The first-order chi connectivity index (χ1) is 11.7. The third kappa shape index (κ3) is 5.71. The molecule has 25 heavy (non-hydrogen) atoms. The lowest BCUT2D eigenvalue weighted by Gasteiger charge is -2.25. The lowest BCUT2D eigenvalue weighted by Crippen LogP contribution is -2.42. The van der Waals surface area contributed by atoms with E-state index in [0.717, 1.165) is 16.9 Å². The van der Waals surface area contributed by atoms with Crippen LogP contribution in [0.25, 0.3) is 0 Å². The van der Waals surface area contributed by atoms with Crippen LogP contribution < -0.4 is 4.74 Å². The Morgan fingerprint density at radius 2 is 2.00 bits per heavy atom. The first kappa shape index (κ1) is 19.7. The van der Waals surface area contributed by atoms with Crippen LogP contribution in [0.1, 0.15) is 17.5 Å². The number of nitrogens with zero attached hydrogens (tertiary/aromatic N) is 2. The van der Waals surface area contributed by atoms with Gasteiger partial charge in [-0.25, -0.2) is 8.42 Å². The summed E-state index contributed by atoms with van der Waals surface area (Å²) in [6.07, 6.45) is 0.603. The summed E-state index contributed by atoms with van der Waals surface area (Å²) in [5.74, 6) is 1.18. The second kappa shape index (κ2) is 8.19. The van der Waals surface area contributed by atoms with Crippen molar-refractivity contribution in [3.8, 4) is 5.75 Å². The summed E-state index contributed by atoms with van der Waals surface area (Å²) in [7, 11) is 0.618. The van der Waals surface area contributed by atoms with Gasteiger partial charge in [0.25, 0.3) is 0 Å². The molecule has 140 valence electrons. The van der Waals surface area contributed by atoms with Gasteiger partial charge in [-0.05, 0) is 44.5 Å². The standard InChI is InChI=1S/C18H28N2O4S/c1-14-5-6-15(2)17(11-14)24-9-8-19(3)18(21)12-20(4)16-7-10-25(22,23)13-16/h5-6,11,16H,7-10,12-13H2,1-4H3/t16-/m1/s1. The number of sulfone groups is 1. The minimum Gasteiger partial charge on any atom is -0.491 e. The molecular formula is C18H28N2O4S. The van der Waals surface area contributed by atoms with Gasteiger partial charge in [0.2, 0.25) is 5.91 Å². The van der Waals surface area contributed by atoms with Gasteiger partial charge in [0.05, 0.1) is 24.6 Å². The molecule has 0 aliphatic carbocycles. The zero-order chi connectivity index (χ0) is 18.6. The third-order valence-corrected chi connectivity index (χ3v) is 6.42. The normalized spacial score (nSPS) is 19.2. The van der Waals surface area contributed by atoms with Crippen LogP contribution in [0.5, 0.6) is 5.75 Å². The van der Waals surface area contributed by atoms with Crippen molar-refractivity contribution in [3.05, 3.63) is 29.3 Å². The molecule has 0 bridgehead atoms. The number of carbonyl (C=O) groups is 1. The molecule has 7 heteroatoms. The van der Waals surface area contributed by atoms with Crippen LogP contribution >= 0.6 is 0 Å². The summed E-state index contributed by atoms with van der Waals surface area (Å²) in [5.41, 5.74) is 2.21. The van der Waals surface area contributed by atoms with Crippen molar-refractivity contribution in [2.24, 2.45) is 0 Å². The van der Waals surface area contributed by atoms with Crippen molar-refractivity contribution in [1.29, 1.82) is 0 Å². The highest BCUT2D eigenvalue weighted by Gasteiger charge is 2.31. The van der Waals surface area contributed by atoms with Gasteiger partial charge in [0.15, 0.2) is 9.84 Å². The van der Waals surface area contributed by atoms with E-state index >= 15 is 0 Å². The van der Waals surface area contributed by atoms with Crippen molar-refractivity contribution in [1.82, 2.24) is 9.80 Å². The Balaban J connectivity index is 1.77. The van der Waals surface area contributed by atoms with E-state index in [4.69, 9.17) is 4.74 Å². The smallest absolute Gasteiger partial charge is 0.236 e. The van der Waals surface area contributed by atoms with Gasteiger partial charge in [0, 0.05) is 13.1 Å². The zero-order valence-electron chi connectivity index (χ0n) is 15.5. The fourth-order valence-corrected chi connectivity index (χ4v) is 4.67. The number of carbonyl (C=O) groups excluding carboxylic acids is 1. The van der Waals surface area contributed by atoms with E-state index in [1.807, 2.05) is 44.0 Å². The highest BCUT2D eigenvalue weighted by molar-refractivity contribution is 7.91. The maximum absolute atomic E-state index is 12.3. The van der Waals surface area contributed by atoms with Gasteiger partial charge in [-0.1, -0.05) is 12.1 Å². The van der Waals surface area contributed by atoms with E-state index in [2.05, 4.69) is 0 Å². The molecular weight excluding hydrogens is 340 g/mol. The van der Waals surface area contributed by atoms with Gasteiger partial charge >= 0.3 is 0 Å². The van der Waals surface area contributed by atoms with Gasteiger partial charge < -0.3 is 9.64 Å². The topological polar surface area (TPSA) is 66.9 Å². The van der Waals surface area contributed by atoms with Crippen molar-refractivity contribution in [2.45, 2.75) is 26.3 Å². The maximum atomic E-state index is 12.3. The summed E-state index contributed by atoms with van der Waals surface area (Å²) < 4.78 is 28.9. The predicted molar refractivity (Wildman–Crippen MR) is 98.7 cm³/mol. The quantitative estimate of drug-likeness (QED) is 0.725. The molecule has 0 spiro atoms. The molecule has 1 aromatic carbocycles. The molecule has 0 aromatic heterocycles. The molecule has 1 aromatic rings. The number of ether oxygens (including phenoxy) is 1. The molecule has 1 fully saturated rings. The number of rotatable bonds is 7. The molecule has 0 N–H and O–H groups in total. The highest BCUT2D eigenvalue weighted by atomic mass is 32.2. The zero-order valence-corrected chi connectivity index (χ0v) is 16.3. The molecule has 6 nitrogen and oxygen atoms in total. The van der Waals surface area contributed by atoms with E-state index in [9.17, 15) is 13.2 Å². The van der Waals surface area contributed by atoms with Gasteiger partial charge in [0.1, 0.15) is 12.4 Å². The Morgan fingerprint density at radius 3 is 2.64 bits per heavy atom. The number of hydrogen-bond acceptors (Lipinski definition) is 5. The number of likely N-dealkylation sites (N-methyl/N-ethyl adjacent to an activating group) is 2. The van der Waals surface area contributed by atoms with Crippen molar-refractivity contribution >= 4 is 15.7 Å². The lowest BCUT2D eigenvalue weighted by atomic mass is 10.1. The second-order valence-corrected chi connectivity index (χ2v) is 9.13. The van der Waals surface area contributed by atoms with Crippen LogP contribution in [0.2, 0.25) is 0 Å². The molecule has 0 radical (unpaired) electrons. The molecule has 1 saturated heterocycles. The minimum absolute atomic E-state index is 0.0311. The number of amides is 1. The fraction of sp³-hybridized carbons (Fsp3) is 0.611. The molecule has 1 heterocycles. The summed E-state index contributed by atoms with van der Waals surface area (Å²) >= 11 is 0. The van der Waals surface area contributed by atoms with E-state index in [1.54, 1.807) is 11.9 Å². The first-order valence-corrected chi connectivity index (χ1v) is 10.3. The summed E-state index contributed by atoms with van der Waals surface area (Å²) in [6, 6.07) is 5.99. The van der Waals surface area contributed by atoms with Crippen LogP contribution in [0.15, 0.2) is 18.2 Å². The third-order valence-electron chi connectivity index (χ3n) is 4.67. The number of hydrogen-bond donors (Lipinski definition) is 0. The van der Waals surface area contributed by atoms with Crippen LogP contribution in [0, 0.1) is 13.8 Å². The van der Waals surface area contributed by atoms with Crippen LogP contribution in [0.3, 0.4) is 0 Å². The molecule has 1 atom stereocenters. The summed E-state index contributed by atoms with van der Waals surface area (Å²) in [5, 5.41) is 0. The van der Waals surface area contributed by atoms with Crippen molar-refractivity contribution in [2.75, 3.05) is 45.3 Å². The monoisotopic (exact) mass is 368 g/mol. The first-order valence-electron chi connectivity index (χ1n) is 8.52. The molecule has 1 aliphatic heterocycles. The molecule has 0 saturated carbocycles. The van der Waals surface area contributed by atoms with E-state index < -0.39 is 9.84 Å². The van der Waals surface area contributed by atoms with Crippen LogP contribution in [0.4, 0.5) is 0 Å². The van der Waals surface area contributed by atoms with Crippen molar-refractivity contribution in [3.63, 3.8) is 0 Å². The van der Waals surface area contributed by atoms with Crippen molar-refractivity contribution < 1.29 is 17.9 Å². The second-order valence-electron chi connectivity index (χ2n) is 6.90. The number of aryl methyl sites for hydroxylation is 2. The molecule has 1 aliphatic rings. The Bertz CT molecular complexity index is 718. The Morgan fingerprint density at radius 1 is 1.28 bits per heavy atom. The average Bonchev–Trinajstić information content (AvgIpc) is 2.90. The fourth-order valence-electron chi connectivity index (χ4n) is 2.87. The van der Waals surface area contributed by atoms with E-state index in [-0.39, 0.29) is 30.0 Å². The number of benzene rings is 1. The maximum Gasteiger partial charge on any atom is 0.236 e. The van der Waals surface area contributed by atoms with Gasteiger partial charge in [-0.3, -0.25) is 9.69 Å².